The third-order valence-electron chi connectivity index (χ3n) is 3.89. The van der Waals surface area contributed by atoms with Gasteiger partial charge in [0.25, 0.3) is 5.56 Å². The summed E-state index contributed by atoms with van der Waals surface area (Å²) < 4.78 is 13.3. The molecule has 1 aliphatic heterocycles. The Hall–Kier alpha value is -2.35. The Morgan fingerprint density at radius 2 is 1.96 bits per heavy atom. The van der Waals surface area contributed by atoms with Crippen molar-refractivity contribution in [1.29, 1.82) is 0 Å². The molecule has 0 saturated heterocycles. The summed E-state index contributed by atoms with van der Waals surface area (Å²) in [5.74, 6) is 2.08. The standard InChI is InChI=1S/C18H13IN2O3/c1-21-17(20-14-5-4-12(19)9-13(14)18(21)22)7-3-11-2-6-15-16(8-11)24-10-23-15/h2-9H,10H2,1H3. The van der Waals surface area contributed by atoms with Gasteiger partial charge in [0.2, 0.25) is 6.79 Å². The van der Waals surface area contributed by atoms with Crippen LogP contribution in [0.25, 0.3) is 23.1 Å². The second-order valence-corrected chi connectivity index (χ2v) is 6.69. The minimum Gasteiger partial charge on any atom is -0.454 e. The second-order valence-electron chi connectivity index (χ2n) is 5.44. The van der Waals surface area contributed by atoms with E-state index in [-0.39, 0.29) is 12.4 Å². The molecular formula is C18H13IN2O3. The summed E-state index contributed by atoms with van der Waals surface area (Å²) in [6.45, 7) is 0.252. The summed E-state index contributed by atoms with van der Waals surface area (Å²) in [5.41, 5.74) is 1.60. The highest BCUT2D eigenvalue weighted by Crippen LogP contribution is 2.32. The van der Waals surface area contributed by atoms with Crippen molar-refractivity contribution >= 4 is 45.6 Å². The van der Waals surface area contributed by atoms with E-state index >= 15 is 0 Å². The average Bonchev–Trinajstić information content (AvgIpc) is 3.05. The van der Waals surface area contributed by atoms with Gasteiger partial charge in [-0.1, -0.05) is 12.1 Å². The van der Waals surface area contributed by atoms with Crippen molar-refractivity contribution in [3.8, 4) is 11.5 Å². The normalized spacial score (nSPS) is 13.1. The van der Waals surface area contributed by atoms with E-state index in [2.05, 4.69) is 27.6 Å². The van der Waals surface area contributed by atoms with Crippen molar-refractivity contribution in [3.63, 3.8) is 0 Å². The minimum absolute atomic E-state index is 0.0520. The van der Waals surface area contributed by atoms with E-state index in [0.29, 0.717) is 16.7 Å². The van der Waals surface area contributed by atoms with E-state index in [4.69, 9.17) is 9.47 Å². The van der Waals surface area contributed by atoms with Crippen molar-refractivity contribution in [2.24, 2.45) is 7.05 Å². The molecule has 0 atom stereocenters. The molecule has 0 amide bonds. The molecule has 1 aliphatic rings. The van der Waals surface area contributed by atoms with Gasteiger partial charge < -0.3 is 9.47 Å². The highest BCUT2D eigenvalue weighted by atomic mass is 127. The van der Waals surface area contributed by atoms with Crippen LogP contribution < -0.4 is 15.0 Å². The lowest BCUT2D eigenvalue weighted by Gasteiger charge is -2.06. The first-order chi connectivity index (χ1) is 11.6. The molecule has 0 saturated carbocycles. The molecule has 0 bridgehead atoms. The fourth-order valence-corrected chi connectivity index (χ4v) is 3.09. The highest BCUT2D eigenvalue weighted by Gasteiger charge is 2.12. The number of nitrogens with zero attached hydrogens (tertiary/aromatic N) is 2. The smallest absolute Gasteiger partial charge is 0.261 e. The number of ether oxygens (including phenoxy) is 2. The van der Waals surface area contributed by atoms with Gasteiger partial charge in [-0.3, -0.25) is 9.36 Å². The average molecular weight is 432 g/mol. The number of fused-ring (bicyclic) bond motifs is 2. The van der Waals surface area contributed by atoms with Gasteiger partial charge in [0.05, 0.1) is 10.9 Å². The molecule has 1 aromatic heterocycles. The van der Waals surface area contributed by atoms with Crippen molar-refractivity contribution in [2.75, 3.05) is 6.79 Å². The van der Waals surface area contributed by atoms with Crippen LogP contribution in [0.3, 0.4) is 0 Å². The molecule has 120 valence electrons. The molecule has 0 N–H and O–H groups in total. The fraction of sp³-hybridized carbons (Fsp3) is 0.111. The molecule has 0 spiro atoms. The predicted octanol–water partition coefficient (Wildman–Crippen LogP) is 3.44. The summed E-state index contributed by atoms with van der Waals surface area (Å²) in [6.07, 6.45) is 3.73. The Balaban J connectivity index is 1.75. The van der Waals surface area contributed by atoms with E-state index in [0.717, 1.165) is 20.6 Å². The summed E-state index contributed by atoms with van der Waals surface area (Å²) in [4.78, 5) is 17.1. The lowest BCUT2D eigenvalue weighted by molar-refractivity contribution is 0.174. The minimum atomic E-state index is -0.0520. The zero-order valence-electron chi connectivity index (χ0n) is 12.8. The summed E-state index contributed by atoms with van der Waals surface area (Å²) >= 11 is 2.19. The number of halogens is 1. The molecule has 2 heterocycles. The van der Waals surface area contributed by atoms with E-state index in [1.165, 1.54) is 0 Å². The van der Waals surface area contributed by atoms with Crippen molar-refractivity contribution in [3.05, 3.63) is 61.7 Å². The first-order valence-electron chi connectivity index (χ1n) is 7.36. The first-order valence-corrected chi connectivity index (χ1v) is 8.44. The topological polar surface area (TPSA) is 53.4 Å². The molecular weight excluding hydrogens is 419 g/mol. The monoisotopic (exact) mass is 432 g/mol. The molecule has 2 aromatic carbocycles. The SMILES string of the molecule is Cn1c(C=Cc2ccc3c(c2)OCO3)nc2ccc(I)cc2c1=O. The Labute approximate surface area is 151 Å². The van der Waals surface area contributed by atoms with Crippen molar-refractivity contribution in [1.82, 2.24) is 9.55 Å². The molecule has 3 aromatic rings. The summed E-state index contributed by atoms with van der Waals surface area (Å²) in [7, 11) is 1.73. The zero-order chi connectivity index (χ0) is 16.7. The number of rotatable bonds is 2. The van der Waals surface area contributed by atoms with Gasteiger partial charge in [-0.15, -0.1) is 0 Å². The largest absolute Gasteiger partial charge is 0.454 e. The van der Waals surface area contributed by atoms with E-state index in [9.17, 15) is 4.79 Å². The molecule has 6 heteroatoms. The van der Waals surface area contributed by atoms with E-state index in [1.807, 2.05) is 48.6 Å². The lowest BCUT2D eigenvalue weighted by Crippen LogP contribution is -2.20. The third-order valence-corrected chi connectivity index (χ3v) is 4.56. The van der Waals surface area contributed by atoms with Crippen LogP contribution >= 0.6 is 22.6 Å². The van der Waals surface area contributed by atoms with Gasteiger partial charge in [0.1, 0.15) is 5.82 Å². The van der Waals surface area contributed by atoms with Crippen LogP contribution in [0.5, 0.6) is 11.5 Å². The maximum atomic E-state index is 12.5. The Morgan fingerprint density at radius 3 is 2.83 bits per heavy atom. The lowest BCUT2D eigenvalue weighted by atomic mass is 10.2. The van der Waals surface area contributed by atoms with E-state index < -0.39 is 0 Å². The number of hydrogen-bond donors (Lipinski definition) is 0. The van der Waals surface area contributed by atoms with Crippen LogP contribution in [0.4, 0.5) is 0 Å². The first kappa shape index (κ1) is 15.2. The van der Waals surface area contributed by atoms with Crippen molar-refractivity contribution in [2.45, 2.75) is 0 Å². The quantitative estimate of drug-likeness (QED) is 0.583. The van der Waals surface area contributed by atoms with Gasteiger partial charge in [0, 0.05) is 10.6 Å². The van der Waals surface area contributed by atoms with Crippen LogP contribution in [0.1, 0.15) is 11.4 Å². The second kappa shape index (κ2) is 5.94. The van der Waals surface area contributed by atoms with E-state index in [1.54, 1.807) is 11.6 Å². The summed E-state index contributed by atoms with van der Waals surface area (Å²) in [5, 5.41) is 0.629. The molecule has 24 heavy (non-hydrogen) atoms. The molecule has 5 nitrogen and oxygen atoms in total. The van der Waals surface area contributed by atoms with Gasteiger partial charge in [-0.2, -0.15) is 0 Å². The van der Waals surface area contributed by atoms with Gasteiger partial charge in [-0.05, 0) is 64.6 Å². The molecule has 0 fully saturated rings. The van der Waals surface area contributed by atoms with Gasteiger partial charge in [0.15, 0.2) is 11.5 Å². The number of benzene rings is 2. The maximum Gasteiger partial charge on any atom is 0.261 e. The van der Waals surface area contributed by atoms with Crippen LogP contribution in [0, 0.1) is 3.57 Å². The highest BCUT2D eigenvalue weighted by molar-refractivity contribution is 14.1. The van der Waals surface area contributed by atoms with Gasteiger partial charge >= 0.3 is 0 Å². The van der Waals surface area contributed by atoms with Gasteiger partial charge in [-0.25, -0.2) is 4.98 Å². The molecule has 4 rings (SSSR count). The number of hydrogen-bond acceptors (Lipinski definition) is 4. The Kier molecular flexibility index (Phi) is 3.76. The fourth-order valence-electron chi connectivity index (χ4n) is 2.60. The summed E-state index contributed by atoms with van der Waals surface area (Å²) in [6, 6.07) is 11.4. The Bertz CT molecular complexity index is 1040. The van der Waals surface area contributed by atoms with Crippen LogP contribution in [-0.4, -0.2) is 16.3 Å². The number of aromatic nitrogens is 2. The zero-order valence-corrected chi connectivity index (χ0v) is 15.0. The maximum absolute atomic E-state index is 12.5. The Morgan fingerprint density at radius 1 is 1.12 bits per heavy atom. The molecule has 0 unspecified atom stereocenters. The third kappa shape index (κ3) is 2.66. The van der Waals surface area contributed by atoms with Crippen LogP contribution in [0.15, 0.2) is 41.2 Å². The molecule has 0 aliphatic carbocycles. The van der Waals surface area contributed by atoms with Crippen molar-refractivity contribution < 1.29 is 9.47 Å². The molecule has 0 radical (unpaired) electrons. The van der Waals surface area contributed by atoms with Crippen LogP contribution in [0.2, 0.25) is 0 Å². The predicted molar refractivity (Wildman–Crippen MR) is 101 cm³/mol. The van der Waals surface area contributed by atoms with Crippen LogP contribution in [-0.2, 0) is 7.05 Å².